The number of esters is 1. The maximum Gasteiger partial charge on any atom is 0.337 e. The average molecular weight is 559 g/mol. The first-order valence-electron chi connectivity index (χ1n) is 10.8. The van der Waals surface area contributed by atoms with Crippen LogP contribution in [0, 0.1) is 0 Å². The molecule has 0 saturated carbocycles. The summed E-state index contributed by atoms with van der Waals surface area (Å²) in [5.41, 5.74) is 1.95. The summed E-state index contributed by atoms with van der Waals surface area (Å²) in [5, 5.41) is 6.04. The zero-order valence-electron chi connectivity index (χ0n) is 19.2. The molecule has 0 atom stereocenters. The van der Waals surface area contributed by atoms with Crippen LogP contribution in [0.5, 0.6) is 0 Å². The molecule has 4 rings (SSSR count). The third kappa shape index (κ3) is 5.77. The van der Waals surface area contributed by atoms with Gasteiger partial charge in [0.05, 0.1) is 34.8 Å². The van der Waals surface area contributed by atoms with Crippen LogP contribution in [-0.4, -0.2) is 30.8 Å². The molecule has 11 heteroatoms. The van der Waals surface area contributed by atoms with Gasteiger partial charge in [-0.25, -0.2) is 9.69 Å². The number of rotatable bonds is 7. The van der Waals surface area contributed by atoms with Crippen molar-refractivity contribution in [2.24, 2.45) is 0 Å². The Morgan fingerprint density at radius 1 is 0.865 bits per heavy atom. The van der Waals surface area contributed by atoms with Crippen LogP contribution in [0.3, 0.4) is 0 Å². The number of ether oxygens (including phenoxy) is 1. The second-order valence-electron chi connectivity index (χ2n) is 7.85. The van der Waals surface area contributed by atoms with Gasteiger partial charge < -0.3 is 15.4 Å². The minimum Gasteiger partial charge on any atom is -0.465 e. The fourth-order valence-electron chi connectivity index (χ4n) is 3.55. The third-order valence-electron chi connectivity index (χ3n) is 5.34. The monoisotopic (exact) mass is 557 g/mol. The molecular formula is C26H18Cl3N3O5. The Balaban J connectivity index is 1.43. The lowest BCUT2D eigenvalue weighted by atomic mass is 10.1. The summed E-state index contributed by atoms with van der Waals surface area (Å²) in [6.07, 6.45) is 0.0890. The quantitative estimate of drug-likeness (QED) is 0.297. The first kappa shape index (κ1) is 26.2. The van der Waals surface area contributed by atoms with Gasteiger partial charge in [-0.2, -0.15) is 0 Å². The highest BCUT2D eigenvalue weighted by Gasteiger charge is 2.39. The number of nitrogens with zero attached hydrogens (tertiary/aromatic N) is 1. The minimum atomic E-state index is -0.730. The predicted molar refractivity (Wildman–Crippen MR) is 142 cm³/mol. The van der Waals surface area contributed by atoms with Crippen molar-refractivity contribution in [1.29, 1.82) is 0 Å². The first-order chi connectivity index (χ1) is 17.7. The van der Waals surface area contributed by atoms with E-state index in [4.69, 9.17) is 34.8 Å². The molecule has 0 aliphatic carbocycles. The molecule has 3 aromatic rings. The summed E-state index contributed by atoms with van der Waals surface area (Å²) in [7, 11) is 1.23. The van der Waals surface area contributed by atoms with Crippen LogP contribution in [0.2, 0.25) is 10.0 Å². The Morgan fingerprint density at radius 2 is 1.57 bits per heavy atom. The Kier molecular flexibility index (Phi) is 7.83. The van der Waals surface area contributed by atoms with E-state index < -0.39 is 17.8 Å². The fourth-order valence-corrected chi connectivity index (χ4v) is 4.06. The summed E-state index contributed by atoms with van der Waals surface area (Å²) in [6, 6.07) is 17.4. The fraction of sp³-hybridized carbons (Fsp3) is 0.0769. The molecule has 188 valence electrons. The molecule has 0 radical (unpaired) electrons. The highest BCUT2D eigenvalue weighted by molar-refractivity contribution is 6.53. The lowest BCUT2D eigenvalue weighted by Gasteiger charge is -2.16. The van der Waals surface area contributed by atoms with Gasteiger partial charge in [-0.3, -0.25) is 14.4 Å². The summed E-state index contributed by atoms with van der Waals surface area (Å²) in [5.74, 6) is -2.27. The van der Waals surface area contributed by atoms with Crippen molar-refractivity contribution in [3.8, 4) is 0 Å². The number of hydrogen-bond donors (Lipinski definition) is 2. The number of nitrogens with one attached hydrogen (secondary N) is 2. The zero-order chi connectivity index (χ0) is 26.7. The number of amides is 3. The lowest BCUT2D eigenvalue weighted by Crippen LogP contribution is -2.32. The molecule has 3 aromatic carbocycles. The zero-order valence-corrected chi connectivity index (χ0v) is 21.4. The van der Waals surface area contributed by atoms with Crippen molar-refractivity contribution in [3.63, 3.8) is 0 Å². The van der Waals surface area contributed by atoms with Gasteiger partial charge in [-0.15, -0.1) is 0 Å². The number of imide groups is 1. The van der Waals surface area contributed by atoms with Crippen LogP contribution in [-0.2, 0) is 25.5 Å². The van der Waals surface area contributed by atoms with Crippen LogP contribution in [0.15, 0.2) is 77.5 Å². The largest absolute Gasteiger partial charge is 0.465 e. The van der Waals surface area contributed by atoms with Crippen LogP contribution < -0.4 is 15.5 Å². The van der Waals surface area contributed by atoms with Crippen molar-refractivity contribution in [1.82, 2.24) is 0 Å². The number of halogens is 3. The number of carbonyl (C=O) groups excluding carboxylic acids is 4. The van der Waals surface area contributed by atoms with E-state index in [-0.39, 0.29) is 34.3 Å². The maximum absolute atomic E-state index is 13.0. The Morgan fingerprint density at radius 3 is 2.24 bits per heavy atom. The summed E-state index contributed by atoms with van der Waals surface area (Å²) < 4.78 is 4.69. The van der Waals surface area contributed by atoms with Crippen molar-refractivity contribution in [2.45, 2.75) is 6.42 Å². The standard InChI is InChI=1S/C26H18Cl3N3O5/c1-37-26(36)15-3-2-4-18(12-15)32-24(34)22(29)23(25(32)35)31-16-7-5-14(6-8-16)11-21(33)30-17-9-10-19(27)20(28)13-17/h2-10,12-13,31H,11H2,1H3,(H,30,33). The molecule has 0 spiro atoms. The van der Waals surface area contributed by atoms with Gasteiger partial charge in [-0.1, -0.05) is 53.0 Å². The molecule has 8 nitrogen and oxygen atoms in total. The number of methoxy groups -OCH3 is 1. The third-order valence-corrected chi connectivity index (χ3v) is 6.43. The highest BCUT2D eigenvalue weighted by Crippen LogP contribution is 2.31. The van der Waals surface area contributed by atoms with Gasteiger partial charge in [0.1, 0.15) is 10.7 Å². The van der Waals surface area contributed by atoms with Gasteiger partial charge in [-0.05, 0) is 54.1 Å². The molecular weight excluding hydrogens is 541 g/mol. The molecule has 0 aromatic heterocycles. The molecule has 0 saturated heterocycles. The molecule has 37 heavy (non-hydrogen) atoms. The number of benzene rings is 3. The summed E-state index contributed by atoms with van der Waals surface area (Å²) in [6.45, 7) is 0. The van der Waals surface area contributed by atoms with Gasteiger partial charge in [0.15, 0.2) is 0 Å². The van der Waals surface area contributed by atoms with Gasteiger partial charge >= 0.3 is 5.97 Å². The predicted octanol–water partition coefficient (Wildman–Crippen LogP) is 5.40. The lowest BCUT2D eigenvalue weighted by molar-refractivity contribution is -0.120. The number of hydrogen-bond acceptors (Lipinski definition) is 6. The Labute approximate surface area is 226 Å². The molecule has 0 unspecified atom stereocenters. The molecule has 0 bridgehead atoms. The van der Waals surface area contributed by atoms with E-state index in [1.807, 2.05) is 0 Å². The summed E-state index contributed by atoms with van der Waals surface area (Å²) >= 11 is 18.1. The first-order valence-corrected chi connectivity index (χ1v) is 11.9. The van der Waals surface area contributed by atoms with E-state index in [0.717, 1.165) is 4.90 Å². The number of anilines is 3. The van der Waals surface area contributed by atoms with E-state index in [2.05, 4.69) is 15.4 Å². The summed E-state index contributed by atoms with van der Waals surface area (Å²) in [4.78, 5) is 50.8. The van der Waals surface area contributed by atoms with Crippen molar-refractivity contribution in [2.75, 3.05) is 22.6 Å². The van der Waals surface area contributed by atoms with E-state index >= 15 is 0 Å². The molecule has 1 aliphatic rings. The second-order valence-corrected chi connectivity index (χ2v) is 9.04. The van der Waals surface area contributed by atoms with Crippen LogP contribution >= 0.6 is 34.8 Å². The molecule has 1 heterocycles. The van der Waals surface area contributed by atoms with Crippen LogP contribution in [0.4, 0.5) is 17.1 Å². The average Bonchev–Trinajstić information content (AvgIpc) is 3.09. The van der Waals surface area contributed by atoms with E-state index in [1.54, 1.807) is 42.5 Å². The van der Waals surface area contributed by atoms with Crippen molar-refractivity contribution in [3.05, 3.63) is 98.6 Å². The topological polar surface area (TPSA) is 105 Å². The SMILES string of the molecule is COC(=O)c1cccc(N2C(=O)C(Cl)=C(Nc3ccc(CC(=O)Nc4ccc(Cl)c(Cl)c4)cc3)C2=O)c1. The van der Waals surface area contributed by atoms with Gasteiger partial charge in [0.2, 0.25) is 5.91 Å². The second kappa shape index (κ2) is 11.0. The molecule has 2 N–H and O–H groups in total. The smallest absolute Gasteiger partial charge is 0.337 e. The minimum absolute atomic E-state index is 0.0890. The van der Waals surface area contributed by atoms with Crippen LogP contribution in [0.25, 0.3) is 0 Å². The van der Waals surface area contributed by atoms with E-state index in [1.165, 1.54) is 31.4 Å². The normalized spacial score (nSPS) is 13.1. The Bertz CT molecular complexity index is 1450. The molecule has 1 aliphatic heterocycles. The Hall–Kier alpha value is -3.85. The van der Waals surface area contributed by atoms with Gasteiger partial charge in [0, 0.05) is 11.4 Å². The van der Waals surface area contributed by atoms with Crippen molar-refractivity contribution < 1.29 is 23.9 Å². The van der Waals surface area contributed by atoms with Crippen molar-refractivity contribution >= 4 is 75.6 Å². The van der Waals surface area contributed by atoms with Crippen LogP contribution in [0.1, 0.15) is 15.9 Å². The highest BCUT2D eigenvalue weighted by atomic mass is 35.5. The van der Waals surface area contributed by atoms with E-state index in [9.17, 15) is 19.2 Å². The molecule has 3 amide bonds. The number of carbonyl (C=O) groups is 4. The van der Waals surface area contributed by atoms with E-state index in [0.29, 0.717) is 27.0 Å². The maximum atomic E-state index is 13.0. The molecule has 0 fully saturated rings. The van der Waals surface area contributed by atoms with Gasteiger partial charge in [0.25, 0.3) is 11.8 Å².